The minimum Gasteiger partial charge on any atom is -0.383 e. The molecule has 1 aromatic heterocycles. The third kappa shape index (κ3) is 2.66. The number of ketones is 1. The zero-order valence-corrected chi connectivity index (χ0v) is 10.9. The van der Waals surface area contributed by atoms with E-state index in [1.807, 2.05) is 6.92 Å². The molecule has 0 aliphatic rings. The highest BCUT2D eigenvalue weighted by Gasteiger charge is 2.26. The third-order valence-corrected chi connectivity index (χ3v) is 3.30. The number of Topliss-reactive ketones (excluding diaryl/α,β-unsaturated/α-hetero) is 1. The lowest BCUT2D eigenvalue weighted by Crippen LogP contribution is -2.33. The van der Waals surface area contributed by atoms with Gasteiger partial charge in [0.05, 0.1) is 22.3 Å². The Morgan fingerprint density at radius 3 is 2.47 bits per heavy atom. The molecule has 0 aliphatic carbocycles. The first-order valence-corrected chi connectivity index (χ1v) is 5.46. The van der Waals surface area contributed by atoms with Crippen molar-refractivity contribution in [1.82, 2.24) is 9.78 Å². The van der Waals surface area contributed by atoms with Crippen LogP contribution < -0.4 is 0 Å². The van der Waals surface area contributed by atoms with E-state index in [9.17, 15) is 9.90 Å². The highest BCUT2D eigenvalue weighted by atomic mass is 79.9. The lowest BCUT2D eigenvalue weighted by molar-refractivity contribution is -0.133. The molecule has 0 aliphatic heterocycles. The summed E-state index contributed by atoms with van der Waals surface area (Å²) in [4.78, 5) is 11.6. The van der Waals surface area contributed by atoms with Crippen LogP contribution in [0.2, 0.25) is 0 Å². The minimum atomic E-state index is -1.29. The fourth-order valence-electron chi connectivity index (χ4n) is 1.24. The zero-order chi connectivity index (χ0) is 11.8. The van der Waals surface area contributed by atoms with E-state index in [4.69, 9.17) is 0 Å². The summed E-state index contributed by atoms with van der Waals surface area (Å²) in [6.07, 6.45) is 0.182. The number of hydrogen-bond donors (Lipinski definition) is 1. The standard InChI is InChI=1S/C10H15BrN2O2/c1-6-9(11)7(13(4)12-6)5-8(14)10(2,3)15/h15H,5H2,1-4H3. The summed E-state index contributed by atoms with van der Waals surface area (Å²) >= 11 is 3.38. The Bertz CT molecular complexity index is 391. The number of aryl methyl sites for hydroxylation is 2. The first-order valence-electron chi connectivity index (χ1n) is 4.67. The largest absolute Gasteiger partial charge is 0.383 e. The summed E-state index contributed by atoms with van der Waals surface area (Å²) in [6, 6.07) is 0. The maximum Gasteiger partial charge on any atom is 0.169 e. The summed E-state index contributed by atoms with van der Waals surface area (Å²) < 4.78 is 2.49. The van der Waals surface area contributed by atoms with Gasteiger partial charge in [0, 0.05) is 7.05 Å². The number of aliphatic hydroxyl groups is 1. The molecule has 1 rings (SSSR count). The summed E-state index contributed by atoms with van der Waals surface area (Å²) in [6.45, 7) is 4.85. The van der Waals surface area contributed by atoms with E-state index in [0.717, 1.165) is 15.9 Å². The number of nitrogens with zero attached hydrogens (tertiary/aromatic N) is 2. The Balaban J connectivity index is 2.95. The molecular formula is C10H15BrN2O2. The van der Waals surface area contributed by atoms with Crippen molar-refractivity contribution in [3.05, 3.63) is 15.9 Å². The number of aromatic nitrogens is 2. The second-order valence-electron chi connectivity index (χ2n) is 4.13. The maximum absolute atomic E-state index is 11.6. The molecule has 4 nitrogen and oxygen atoms in total. The monoisotopic (exact) mass is 274 g/mol. The molecule has 0 bridgehead atoms. The number of carbonyl (C=O) groups excluding carboxylic acids is 1. The van der Waals surface area contributed by atoms with Crippen LogP contribution in [0.1, 0.15) is 25.2 Å². The number of rotatable bonds is 3. The van der Waals surface area contributed by atoms with E-state index in [1.54, 1.807) is 11.7 Å². The van der Waals surface area contributed by atoms with Gasteiger partial charge in [-0.05, 0) is 36.7 Å². The van der Waals surface area contributed by atoms with Crippen LogP contribution in [0, 0.1) is 6.92 Å². The highest BCUT2D eigenvalue weighted by molar-refractivity contribution is 9.10. The van der Waals surface area contributed by atoms with Crippen molar-refractivity contribution in [2.75, 3.05) is 0 Å². The van der Waals surface area contributed by atoms with Crippen LogP contribution in [0.4, 0.5) is 0 Å². The van der Waals surface area contributed by atoms with Gasteiger partial charge in [0.2, 0.25) is 0 Å². The van der Waals surface area contributed by atoms with E-state index < -0.39 is 5.60 Å². The SMILES string of the molecule is Cc1nn(C)c(CC(=O)C(C)(C)O)c1Br. The van der Waals surface area contributed by atoms with E-state index in [2.05, 4.69) is 21.0 Å². The van der Waals surface area contributed by atoms with Gasteiger partial charge >= 0.3 is 0 Å². The Hall–Kier alpha value is -0.680. The molecule has 5 heteroatoms. The average Bonchev–Trinajstić information content (AvgIpc) is 2.30. The molecule has 0 spiro atoms. The molecule has 0 amide bonds. The van der Waals surface area contributed by atoms with Gasteiger partial charge in [-0.2, -0.15) is 5.10 Å². The second kappa shape index (κ2) is 4.06. The van der Waals surface area contributed by atoms with E-state index in [-0.39, 0.29) is 12.2 Å². The molecule has 1 N–H and O–H groups in total. The number of hydrogen-bond acceptors (Lipinski definition) is 3. The summed E-state index contributed by atoms with van der Waals surface area (Å²) in [5, 5.41) is 13.7. The predicted octanol–water partition coefficient (Wildman–Crippen LogP) is 1.37. The molecular weight excluding hydrogens is 260 g/mol. The van der Waals surface area contributed by atoms with Crippen LogP contribution in [-0.4, -0.2) is 26.3 Å². The summed E-state index contributed by atoms with van der Waals surface area (Å²) in [5.74, 6) is -0.216. The fraction of sp³-hybridized carbons (Fsp3) is 0.600. The van der Waals surface area contributed by atoms with Gasteiger partial charge in [0.25, 0.3) is 0 Å². The first kappa shape index (κ1) is 12.4. The molecule has 84 valence electrons. The third-order valence-electron chi connectivity index (χ3n) is 2.27. The quantitative estimate of drug-likeness (QED) is 0.906. The molecule has 15 heavy (non-hydrogen) atoms. The Kier molecular flexibility index (Phi) is 3.35. The van der Waals surface area contributed by atoms with Crippen LogP contribution >= 0.6 is 15.9 Å². The van der Waals surface area contributed by atoms with Crippen molar-refractivity contribution in [2.45, 2.75) is 32.8 Å². The zero-order valence-electron chi connectivity index (χ0n) is 9.33. The Morgan fingerprint density at radius 2 is 2.13 bits per heavy atom. The lowest BCUT2D eigenvalue weighted by atomic mass is 10.00. The van der Waals surface area contributed by atoms with Crippen LogP contribution in [-0.2, 0) is 18.3 Å². The molecule has 0 atom stereocenters. The van der Waals surface area contributed by atoms with Gasteiger partial charge in [0.15, 0.2) is 5.78 Å². The van der Waals surface area contributed by atoms with Gasteiger partial charge in [-0.15, -0.1) is 0 Å². The van der Waals surface area contributed by atoms with Gasteiger partial charge in [-0.1, -0.05) is 0 Å². The van der Waals surface area contributed by atoms with Gasteiger partial charge < -0.3 is 5.11 Å². The molecule has 0 unspecified atom stereocenters. The van der Waals surface area contributed by atoms with Gasteiger partial charge in [-0.25, -0.2) is 0 Å². The second-order valence-corrected chi connectivity index (χ2v) is 4.92. The Morgan fingerprint density at radius 1 is 1.60 bits per heavy atom. The molecule has 1 aromatic rings. The van der Waals surface area contributed by atoms with E-state index in [0.29, 0.717) is 0 Å². The smallest absolute Gasteiger partial charge is 0.169 e. The maximum atomic E-state index is 11.6. The normalized spacial score (nSPS) is 11.9. The van der Waals surface area contributed by atoms with Crippen LogP contribution in [0.3, 0.4) is 0 Å². The van der Waals surface area contributed by atoms with E-state index in [1.165, 1.54) is 13.8 Å². The number of halogens is 1. The average molecular weight is 275 g/mol. The van der Waals surface area contributed by atoms with Crippen molar-refractivity contribution in [2.24, 2.45) is 7.05 Å². The fourth-order valence-corrected chi connectivity index (χ4v) is 1.72. The molecule has 1 heterocycles. The molecule has 0 aromatic carbocycles. The summed E-state index contributed by atoms with van der Waals surface area (Å²) in [5.41, 5.74) is 0.341. The van der Waals surface area contributed by atoms with Gasteiger partial charge in [-0.3, -0.25) is 9.48 Å². The topological polar surface area (TPSA) is 55.1 Å². The molecule has 0 saturated carbocycles. The van der Waals surface area contributed by atoms with Crippen molar-refractivity contribution in [3.63, 3.8) is 0 Å². The van der Waals surface area contributed by atoms with Crippen molar-refractivity contribution in [3.8, 4) is 0 Å². The summed E-state index contributed by atoms with van der Waals surface area (Å²) in [7, 11) is 1.78. The minimum absolute atomic E-state index is 0.182. The highest BCUT2D eigenvalue weighted by Crippen LogP contribution is 2.22. The first-order chi connectivity index (χ1) is 6.73. The molecule has 0 saturated heterocycles. The van der Waals surface area contributed by atoms with Crippen molar-refractivity contribution < 1.29 is 9.90 Å². The van der Waals surface area contributed by atoms with Crippen molar-refractivity contribution >= 4 is 21.7 Å². The predicted molar refractivity (Wildman–Crippen MR) is 60.7 cm³/mol. The van der Waals surface area contributed by atoms with Gasteiger partial charge in [0.1, 0.15) is 5.60 Å². The van der Waals surface area contributed by atoms with E-state index >= 15 is 0 Å². The van der Waals surface area contributed by atoms with Crippen LogP contribution in [0.25, 0.3) is 0 Å². The Labute approximate surface area is 97.4 Å². The molecule has 0 radical (unpaired) electrons. The van der Waals surface area contributed by atoms with Crippen LogP contribution in [0.15, 0.2) is 4.47 Å². The lowest BCUT2D eigenvalue weighted by Gasteiger charge is -2.15. The number of carbonyl (C=O) groups is 1. The van der Waals surface area contributed by atoms with Crippen LogP contribution in [0.5, 0.6) is 0 Å². The molecule has 0 fully saturated rings. The van der Waals surface area contributed by atoms with Crippen molar-refractivity contribution in [1.29, 1.82) is 0 Å².